The highest BCUT2D eigenvalue weighted by Gasteiger charge is 2.22. The van der Waals surface area contributed by atoms with E-state index in [-0.39, 0.29) is 23.6 Å². The van der Waals surface area contributed by atoms with Crippen LogP contribution in [0.3, 0.4) is 0 Å². The number of likely N-dealkylation sites (N-methyl/N-ethyl adjacent to an activating group) is 1. The first kappa shape index (κ1) is 17.9. The van der Waals surface area contributed by atoms with E-state index in [1.807, 2.05) is 38.1 Å². The first-order valence-electron chi connectivity index (χ1n) is 8.08. The van der Waals surface area contributed by atoms with E-state index in [1.165, 1.54) is 4.90 Å². The van der Waals surface area contributed by atoms with Gasteiger partial charge in [0.25, 0.3) is 11.5 Å². The molecule has 2 N–H and O–H groups in total. The fraction of sp³-hybridized carbons (Fsp3) is 0.368. The molecule has 2 aromatic rings. The third-order valence-corrected chi connectivity index (χ3v) is 4.10. The Kier molecular flexibility index (Phi) is 5.57. The molecular weight excluding hydrogens is 304 g/mol. The van der Waals surface area contributed by atoms with Crippen molar-refractivity contribution in [2.24, 2.45) is 0 Å². The molecule has 0 spiro atoms. The van der Waals surface area contributed by atoms with Crippen molar-refractivity contribution in [3.05, 3.63) is 68.6 Å². The third kappa shape index (κ3) is 3.92. The van der Waals surface area contributed by atoms with Gasteiger partial charge in [0, 0.05) is 12.2 Å². The minimum atomic E-state index is -0.792. The summed E-state index contributed by atoms with van der Waals surface area (Å²) in [6.07, 6.45) is -0.792. The standard InChI is InChI=1S/C19H24N2O3/c1-5-21(11-16(22)15-8-6-12(2)7-9-15)19(24)17-13(3)10-14(4)20-18(17)23/h6-10,16,22H,5,11H2,1-4H3,(H,20,23). The lowest BCUT2D eigenvalue weighted by Gasteiger charge is -2.24. The molecular formula is C19H24N2O3. The lowest BCUT2D eigenvalue weighted by Crippen LogP contribution is -2.38. The zero-order chi connectivity index (χ0) is 17.9. The van der Waals surface area contributed by atoms with E-state index < -0.39 is 6.10 Å². The molecule has 1 atom stereocenters. The number of aliphatic hydroxyl groups excluding tert-OH is 1. The van der Waals surface area contributed by atoms with E-state index >= 15 is 0 Å². The molecule has 0 bridgehead atoms. The zero-order valence-electron chi connectivity index (χ0n) is 14.6. The Balaban J connectivity index is 2.23. The highest BCUT2D eigenvalue weighted by atomic mass is 16.3. The minimum absolute atomic E-state index is 0.138. The molecule has 1 amide bonds. The lowest BCUT2D eigenvalue weighted by molar-refractivity contribution is 0.0632. The summed E-state index contributed by atoms with van der Waals surface area (Å²) < 4.78 is 0. The molecule has 5 heteroatoms. The second kappa shape index (κ2) is 7.45. The van der Waals surface area contributed by atoms with Gasteiger partial charge in [0.2, 0.25) is 0 Å². The summed E-state index contributed by atoms with van der Waals surface area (Å²) >= 11 is 0. The summed E-state index contributed by atoms with van der Waals surface area (Å²) in [7, 11) is 0. The molecule has 1 heterocycles. The van der Waals surface area contributed by atoms with Gasteiger partial charge in [-0.2, -0.15) is 0 Å². The highest BCUT2D eigenvalue weighted by Crippen LogP contribution is 2.17. The van der Waals surface area contributed by atoms with Crippen molar-refractivity contribution in [1.82, 2.24) is 9.88 Å². The fourth-order valence-corrected chi connectivity index (χ4v) is 2.74. The normalized spacial score (nSPS) is 12.0. The number of benzene rings is 1. The summed E-state index contributed by atoms with van der Waals surface area (Å²) in [5.41, 5.74) is 2.97. The number of aryl methyl sites for hydroxylation is 3. The number of carbonyl (C=O) groups is 1. The van der Waals surface area contributed by atoms with Crippen molar-refractivity contribution in [1.29, 1.82) is 0 Å². The van der Waals surface area contributed by atoms with Crippen LogP contribution in [0.1, 0.15) is 45.8 Å². The monoisotopic (exact) mass is 328 g/mol. The average molecular weight is 328 g/mol. The number of hydrogen-bond acceptors (Lipinski definition) is 3. The maximum Gasteiger partial charge on any atom is 0.261 e. The van der Waals surface area contributed by atoms with E-state index in [0.29, 0.717) is 12.1 Å². The molecule has 2 rings (SSSR count). The molecule has 0 saturated heterocycles. The van der Waals surface area contributed by atoms with Gasteiger partial charge in [0.05, 0.1) is 12.6 Å². The number of aliphatic hydroxyl groups is 1. The summed E-state index contributed by atoms with van der Waals surface area (Å²) in [4.78, 5) is 29.1. The largest absolute Gasteiger partial charge is 0.387 e. The summed E-state index contributed by atoms with van der Waals surface area (Å²) in [6.45, 7) is 7.89. The van der Waals surface area contributed by atoms with Gasteiger partial charge in [-0.15, -0.1) is 0 Å². The second-order valence-corrected chi connectivity index (χ2v) is 6.11. The van der Waals surface area contributed by atoms with Crippen LogP contribution in [0.5, 0.6) is 0 Å². The Hall–Kier alpha value is -2.40. The number of aromatic amines is 1. The van der Waals surface area contributed by atoms with Gasteiger partial charge in [-0.25, -0.2) is 0 Å². The van der Waals surface area contributed by atoms with Gasteiger partial charge >= 0.3 is 0 Å². The first-order chi connectivity index (χ1) is 11.3. The molecule has 5 nitrogen and oxygen atoms in total. The van der Waals surface area contributed by atoms with Crippen molar-refractivity contribution in [3.8, 4) is 0 Å². The summed E-state index contributed by atoms with van der Waals surface area (Å²) in [6, 6.07) is 9.32. The molecule has 1 unspecified atom stereocenters. The lowest BCUT2D eigenvalue weighted by atomic mass is 10.1. The Bertz CT molecular complexity index is 778. The number of amides is 1. The van der Waals surface area contributed by atoms with Gasteiger partial charge in [0.1, 0.15) is 5.56 Å². The number of H-pyrrole nitrogens is 1. The number of nitrogens with zero attached hydrogens (tertiary/aromatic N) is 1. The van der Waals surface area contributed by atoms with E-state index in [0.717, 1.165) is 16.8 Å². The Morgan fingerprint density at radius 2 is 1.83 bits per heavy atom. The Morgan fingerprint density at radius 3 is 2.38 bits per heavy atom. The van der Waals surface area contributed by atoms with Crippen molar-refractivity contribution >= 4 is 5.91 Å². The molecule has 0 aliphatic carbocycles. The quantitative estimate of drug-likeness (QED) is 0.885. The molecule has 0 aliphatic rings. The number of hydrogen-bond donors (Lipinski definition) is 2. The molecule has 0 aliphatic heterocycles. The number of nitrogens with one attached hydrogen (secondary N) is 1. The fourth-order valence-electron chi connectivity index (χ4n) is 2.74. The molecule has 0 fully saturated rings. The van der Waals surface area contributed by atoms with Crippen molar-refractivity contribution in [3.63, 3.8) is 0 Å². The third-order valence-electron chi connectivity index (χ3n) is 4.10. The van der Waals surface area contributed by atoms with E-state index in [2.05, 4.69) is 4.98 Å². The predicted molar refractivity (Wildman–Crippen MR) is 94.3 cm³/mol. The van der Waals surface area contributed by atoms with Crippen LogP contribution in [-0.4, -0.2) is 34.0 Å². The van der Waals surface area contributed by atoms with Crippen LogP contribution < -0.4 is 5.56 Å². The number of rotatable bonds is 5. The second-order valence-electron chi connectivity index (χ2n) is 6.11. The highest BCUT2D eigenvalue weighted by molar-refractivity contribution is 5.95. The Labute approximate surface area is 142 Å². The van der Waals surface area contributed by atoms with Crippen LogP contribution in [0.25, 0.3) is 0 Å². The van der Waals surface area contributed by atoms with Crippen LogP contribution in [0.15, 0.2) is 35.1 Å². The van der Waals surface area contributed by atoms with Gasteiger partial charge in [0.15, 0.2) is 0 Å². The molecule has 1 aromatic heterocycles. The number of aromatic nitrogens is 1. The maximum atomic E-state index is 12.7. The van der Waals surface area contributed by atoms with Gasteiger partial charge in [-0.3, -0.25) is 9.59 Å². The Morgan fingerprint density at radius 1 is 1.21 bits per heavy atom. The molecule has 128 valence electrons. The van der Waals surface area contributed by atoms with Crippen LogP contribution >= 0.6 is 0 Å². The van der Waals surface area contributed by atoms with Crippen LogP contribution in [0.2, 0.25) is 0 Å². The number of pyridine rings is 1. The summed E-state index contributed by atoms with van der Waals surface area (Å²) in [5, 5.41) is 10.4. The van der Waals surface area contributed by atoms with Crippen LogP contribution in [-0.2, 0) is 0 Å². The van der Waals surface area contributed by atoms with Crippen LogP contribution in [0.4, 0.5) is 0 Å². The number of carbonyl (C=O) groups excluding carboxylic acids is 1. The van der Waals surface area contributed by atoms with Crippen molar-refractivity contribution < 1.29 is 9.90 Å². The molecule has 0 radical (unpaired) electrons. The SMILES string of the molecule is CCN(CC(O)c1ccc(C)cc1)C(=O)c1c(C)cc(C)[nH]c1=O. The van der Waals surface area contributed by atoms with Gasteiger partial charge < -0.3 is 15.0 Å². The maximum absolute atomic E-state index is 12.7. The predicted octanol–water partition coefficient (Wildman–Crippen LogP) is 2.50. The van der Waals surface area contributed by atoms with Crippen LogP contribution in [0, 0.1) is 20.8 Å². The summed E-state index contributed by atoms with van der Waals surface area (Å²) in [5.74, 6) is -0.359. The van der Waals surface area contributed by atoms with Crippen molar-refractivity contribution in [2.75, 3.05) is 13.1 Å². The minimum Gasteiger partial charge on any atom is -0.387 e. The molecule has 24 heavy (non-hydrogen) atoms. The van der Waals surface area contributed by atoms with Crippen molar-refractivity contribution in [2.45, 2.75) is 33.8 Å². The van der Waals surface area contributed by atoms with Gasteiger partial charge in [-0.05, 0) is 44.9 Å². The zero-order valence-corrected chi connectivity index (χ0v) is 14.6. The van der Waals surface area contributed by atoms with E-state index in [1.54, 1.807) is 19.9 Å². The van der Waals surface area contributed by atoms with Gasteiger partial charge in [-0.1, -0.05) is 29.8 Å². The first-order valence-corrected chi connectivity index (χ1v) is 8.08. The smallest absolute Gasteiger partial charge is 0.261 e. The van der Waals surface area contributed by atoms with E-state index in [9.17, 15) is 14.7 Å². The average Bonchev–Trinajstić information content (AvgIpc) is 2.51. The topological polar surface area (TPSA) is 73.4 Å². The molecule has 1 aromatic carbocycles. The molecule has 0 saturated carbocycles. The van der Waals surface area contributed by atoms with E-state index in [4.69, 9.17) is 0 Å².